The van der Waals surface area contributed by atoms with Crippen LogP contribution in [0.2, 0.25) is 0 Å². The van der Waals surface area contributed by atoms with Crippen molar-refractivity contribution in [2.45, 2.75) is 25.7 Å². The van der Waals surface area contributed by atoms with Crippen molar-refractivity contribution >= 4 is 5.91 Å². The van der Waals surface area contributed by atoms with E-state index in [0.717, 1.165) is 0 Å². The Hall–Kier alpha value is -3.69. The molecule has 10 nitrogen and oxygen atoms in total. The SMILES string of the molecule is CC1Oc2ccccc2OC1C(=O)NCCn1nc(-n2cncn2)ccc1=O. The van der Waals surface area contributed by atoms with Crippen molar-refractivity contribution in [1.82, 2.24) is 29.9 Å². The number of rotatable bonds is 5. The molecule has 0 bridgehead atoms. The molecule has 1 aliphatic rings. The Morgan fingerprint density at radius 3 is 2.71 bits per heavy atom. The van der Waals surface area contributed by atoms with Crippen LogP contribution >= 0.6 is 0 Å². The van der Waals surface area contributed by atoms with E-state index in [1.54, 1.807) is 25.1 Å². The first-order chi connectivity index (χ1) is 13.6. The van der Waals surface area contributed by atoms with Crippen LogP contribution in [-0.4, -0.2) is 49.2 Å². The summed E-state index contributed by atoms with van der Waals surface area (Å²) in [5, 5.41) is 11.0. The van der Waals surface area contributed by atoms with Crippen molar-refractivity contribution in [3.8, 4) is 17.3 Å². The van der Waals surface area contributed by atoms with Gasteiger partial charge in [0.1, 0.15) is 18.8 Å². The Labute approximate surface area is 159 Å². The number of nitrogens with one attached hydrogen (secondary N) is 1. The van der Waals surface area contributed by atoms with E-state index in [1.807, 2.05) is 12.1 Å². The molecule has 2 atom stereocenters. The minimum atomic E-state index is -0.777. The summed E-state index contributed by atoms with van der Waals surface area (Å²) in [4.78, 5) is 28.4. The van der Waals surface area contributed by atoms with Gasteiger partial charge < -0.3 is 14.8 Å². The molecule has 0 fully saturated rings. The molecule has 4 rings (SSSR count). The number of para-hydroxylation sites is 2. The molecule has 0 radical (unpaired) electrons. The quantitative estimate of drug-likeness (QED) is 0.669. The molecule has 0 aliphatic carbocycles. The molecule has 1 N–H and O–H groups in total. The first-order valence-electron chi connectivity index (χ1n) is 8.75. The largest absolute Gasteiger partial charge is 0.482 e. The normalized spacial score (nSPS) is 17.9. The molecule has 10 heteroatoms. The zero-order chi connectivity index (χ0) is 19.5. The van der Waals surface area contributed by atoms with E-state index < -0.39 is 12.2 Å². The number of hydrogen-bond donors (Lipinski definition) is 1. The van der Waals surface area contributed by atoms with Crippen LogP contribution in [0, 0.1) is 0 Å². The fourth-order valence-corrected chi connectivity index (χ4v) is 2.84. The summed E-state index contributed by atoms with van der Waals surface area (Å²) in [7, 11) is 0. The highest BCUT2D eigenvalue weighted by Crippen LogP contribution is 2.33. The minimum absolute atomic E-state index is 0.200. The van der Waals surface area contributed by atoms with Crippen LogP contribution in [0.4, 0.5) is 0 Å². The van der Waals surface area contributed by atoms with Gasteiger partial charge >= 0.3 is 0 Å². The summed E-state index contributed by atoms with van der Waals surface area (Å²) in [5.41, 5.74) is -0.280. The summed E-state index contributed by atoms with van der Waals surface area (Å²) >= 11 is 0. The third kappa shape index (κ3) is 3.56. The van der Waals surface area contributed by atoms with Gasteiger partial charge in [-0.15, -0.1) is 5.10 Å². The first kappa shape index (κ1) is 17.7. The Morgan fingerprint density at radius 1 is 1.18 bits per heavy atom. The molecule has 1 aliphatic heterocycles. The molecule has 1 aromatic carbocycles. The number of fused-ring (bicyclic) bond motifs is 1. The predicted molar refractivity (Wildman–Crippen MR) is 97.4 cm³/mol. The van der Waals surface area contributed by atoms with Gasteiger partial charge in [-0.2, -0.15) is 5.10 Å². The Kier molecular flexibility index (Phi) is 4.75. The van der Waals surface area contributed by atoms with Gasteiger partial charge in [-0.3, -0.25) is 9.59 Å². The monoisotopic (exact) mass is 382 g/mol. The number of nitrogens with zero attached hydrogens (tertiary/aromatic N) is 5. The third-order valence-electron chi connectivity index (χ3n) is 4.23. The molecule has 2 unspecified atom stereocenters. The van der Waals surface area contributed by atoms with Crippen molar-refractivity contribution in [3.63, 3.8) is 0 Å². The summed E-state index contributed by atoms with van der Waals surface area (Å²) < 4.78 is 14.2. The number of amides is 1. The average molecular weight is 382 g/mol. The third-order valence-corrected chi connectivity index (χ3v) is 4.23. The lowest BCUT2D eigenvalue weighted by Gasteiger charge is -2.31. The lowest BCUT2D eigenvalue weighted by molar-refractivity contribution is -0.133. The van der Waals surface area contributed by atoms with Crippen LogP contribution in [0.1, 0.15) is 6.92 Å². The lowest BCUT2D eigenvalue weighted by atomic mass is 10.1. The van der Waals surface area contributed by atoms with E-state index in [4.69, 9.17) is 9.47 Å². The maximum absolute atomic E-state index is 12.5. The molecule has 28 heavy (non-hydrogen) atoms. The second-order valence-electron chi connectivity index (χ2n) is 6.19. The number of carbonyl (C=O) groups is 1. The molecule has 1 amide bonds. The van der Waals surface area contributed by atoms with Crippen LogP contribution in [0.15, 0.2) is 53.8 Å². The van der Waals surface area contributed by atoms with E-state index in [-0.39, 0.29) is 24.6 Å². The zero-order valence-corrected chi connectivity index (χ0v) is 15.1. The van der Waals surface area contributed by atoms with Gasteiger partial charge in [-0.1, -0.05) is 12.1 Å². The molecule has 3 heterocycles. The maximum Gasteiger partial charge on any atom is 0.266 e. The van der Waals surface area contributed by atoms with E-state index in [2.05, 4.69) is 20.5 Å². The lowest BCUT2D eigenvalue weighted by Crippen LogP contribution is -2.49. The Morgan fingerprint density at radius 2 is 1.96 bits per heavy atom. The fraction of sp³-hybridized carbons (Fsp3) is 0.278. The van der Waals surface area contributed by atoms with E-state index in [1.165, 1.54) is 28.1 Å². The van der Waals surface area contributed by atoms with Crippen LogP contribution < -0.4 is 20.3 Å². The van der Waals surface area contributed by atoms with Gasteiger partial charge in [-0.25, -0.2) is 14.3 Å². The molecule has 3 aromatic rings. The highest BCUT2D eigenvalue weighted by Gasteiger charge is 2.33. The number of carbonyl (C=O) groups excluding carboxylic acids is 1. The van der Waals surface area contributed by atoms with Crippen molar-refractivity contribution in [1.29, 1.82) is 0 Å². The minimum Gasteiger partial charge on any atom is -0.482 e. The summed E-state index contributed by atoms with van der Waals surface area (Å²) in [6.45, 7) is 2.18. The van der Waals surface area contributed by atoms with Gasteiger partial charge in [0.15, 0.2) is 17.3 Å². The highest BCUT2D eigenvalue weighted by molar-refractivity contribution is 5.82. The second kappa shape index (κ2) is 7.51. The predicted octanol–water partition coefficient (Wildman–Crippen LogP) is 0.169. The molecule has 0 saturated heterocycles. The number of hydrogen-bond acceptors (Lipinski definition) is 7. The molecule has 0 saturated carbocycles. The molecule has 2 aromatic heterocycles. The standard InChI is InChI=1S/C18H18N6O4/c1-12-17(28-14-5-3-2-4-13(14)27-12)18(26)20-8-9-23-16(25)7-6-15(22-23)24-11-19-10-21-24/h2-7,10-12,17H,8-9H2,1H3,(H,20,26). The van der Waals surface area contributed by atoms with Crippen molar-refractivity contribution in [2.75, 3.05) is 6.54 Å². The van der Waals surface area contributed by atoms with Crippen LogP contribution in [-0.2, 0) is 11.3 Å². The Bertz CT molecular complexity index is 1030. The maximum atomic E-state index is 12.5. The summed E-state index contributed by atoms with van der Waals surface area (Å²) in [6, 6.07) is 10.1. The number of aromatic nitrogens is 5. The number of ether oxygens (including phenoxy) is 2. The van der Waals surface area contributed by atoms with Gasteiger partial charge in [-0.05, 0) is 25.1 Å². The molecular formula is C18H18N6O4. The van der Waals surface area contributed by atoms with Gasteiger partial charge in [0.25, 0.3) is 11.5 Å². The topological polar surface area (TPSA) is 113 Å². The summed E-state index contributed by atoms with van der Waals surface area (Å²) in [5.74, 6) is 1.28. The molecule has 144 valence electrons. The molecule has 0 spiro atoms. The van der Waals surface area contributed by atoms with Gasteiger partial charge in [0.05, 0.1) is 6.54 Å². The molecular weight excluding hydrogens is 364 g/mol. The van der Waals surface area contributed by atoms with E-state index in [9.17, 15) is 9.59 Å². The van der Waals surface area contributed by atoms with Gasteiger partial charge in [0.2, 0.25) is 6.10 Å². The van der Waals surface area contributed by atoms with E-state index >= 15 is 0 Å². The van der Waals surface area contributed by atoms with E-state index in [0.29, 0.717) is 17.3 Å². The van der Waals surface area contributed by atoms with Crippen molar-refractivity contribution < 1.29 is 14.3 Å². The fourth-order valence-electron chi connectivity index (χ4n) is 2.84. The average Bonchev–Trinajstić information content (AvgIpc) is 3.23. The highest BCUT2D eigenvalue weighted by atomic mass is 16.6. The Balaban J connectivity index is 1.38. The zero-order valence-electron chi connectivity index (χ0n) is 15.1. The van der Waals surface area contributed by atoms with Gasteiger partial charge in [0, 0.05) is 12.6 Å². The smallest absolute Gasteiger partial charge is 0.266 e. The van der Waals surface area contributed by atoms with Crippen LogP contribution in [0.25, 0.3) is 5.82 Å². The van der Waals surface area contributed by atoms with Crippen molar-refractivity contribution in [2.24, 2.45) is 0 Å². The van der Waals surface area contributed by atoms with Crippen LogP contribution in [0.3, 0.4) is 0 Å². The second-order valence-corrected chi connectivity index (χ2v) is 6.19. The number of benzene rings is 1. The summed E-state index contributed by atoms with van der Waals surface area (Å²) in [6.07, 6.45) is 1.65. The first-order valence-corrected chi connectivity index (χ1v) is 8.75. The van der Waals surface area contributed by atoms with Crippen molar-refractivity contribution in [3.05, 3.63) is 59.4 Å². The van der Waals surface area contributed by atoms with Crippen LogP contribution in [0.5, 0.6) is 11.5 Å².